The molecule has 1 fully saturated rings. The van der Waals surface area contributed by atoms with Gasteiger partial charge in [-0.25, -0.2) is 4.98 Å². The first-order chi connectivity index (χ1) is 12.7. The molecular weight excluding hydrogens is 416 g/mol. The van der Waals surface area contributed by atoms with E-state index in [4.69, 9.17) is 14.1 Å². The van der Waals surface area contributed by atoms with Crippen molar-refractivity contribution in [3.63, 3.8) is 0 Å². The predicted octanol–water partition coefficient (Wildman–Crippen LogP) is 4.99. The van der Waals surface area contributed by atoms with Gasteiger partial charge in [0.2, 0.25) is 0 Å². The molecule has 1 atom stereocenters. The summed E-state index contributed by atoms with van der Waals surface area (Å²) >= 11 is 4.89. The monoisotopic (exact) mass is 432 g/mol. The van der Waals surface area contributed by atoms with Crippen molar-refractivity contribution in [1.82, 2.24) is 4.98 Å². The Morgan fingerprint density at radius 3 is 2.85 bits per heavy atom. The van der Waals surface area contributed by atoms with Crippen LogP contribution >= 0.6 is 27.3 Å². The SMILES string of the molecule is O=C(c1ccco1)N(C[C@@H]1CCCO1)c1nc(-c2ccc(Br)cc2)cs1. The van der Waals surface area contributed by atoms with E-state index in [9.17, 15) is 4.79 Å². The number of thiazole rings is 1. The largest absolute Gasteiger partial charge is 0.459 e. The Labute approximate surface area is 163 Å². The second-order valence-electron chi connectivity index (χ2n) is 6.05. The lowest BCUT2D eigenvalue weighted by molar-refractivity contribution is 0.0895. The van der Waals surface area contributed by atoms with Gasteiger partial charge in [-0.05, 0) is 37.1 Å². The Morgan fingerprint density at radius 2 is 2.15 bits per heavy atom. The average Bonchev–Trinajstić information content (AvgIpc) is 3.42. The maximum atomic E-state index is 12.9. The zero-order valence-electron chi connectivity index (χ0n) is 13.9. The van der Waals surface area contributed by atoms with Gasteiger partial charge in [-0.2, -0.15) is 0 Å². The Kier molecular flexibility index (Phi) is 5.19. The van der Waals surface area contributed by atoms with Crippen molar-refractivity contribution in [2.45, 2.75) is 18.9 Å². The van der Waals surface area contributed by atoms with E-state index in [0.717, 1.165) is 35.2 Å². The minimum absolute atomic E-state index is 0.0361. The van der Waals surface area contributed by atoms with Gasteiger partial charge in [-0.15, -0.1) is 11.3 Å². The van der Waals surface area contributed by atoms with Crippen LogP contribution in [0.15, 0.2) is 56.9 Å². The molecule has 1 aliphatic rings. The van der Waals surface area contributed by atoms with Crippen molar-refractivity contribution in [3.8, 4) is 11.3 Å². The number of hydrogen-bond acceptors (Lipinski definition) is 5. The number of amides is 1. The molecule has 3 heterocycles. The number of furan rings is 1. The summed E-state index contributed by atoms with van der Waals surface area (Å²) in [7, 11) is 0. The molecule has 0 aliphatic carbocycles. The van der Waals surface area contributed by atoms with Gasteiger partial charge in [-0.3, -0.25) is 9.69 Å². The zero-order valence-corrected chi connectivity index (χ0v) is 16.3. The summed E-state index contributed by atoms with van der Waals surface area (Å²) in [6.07, 6.45) is 3.52. The van der Waals surface area contributed by atoms with Crippen LogP contribution in [0.3, 0.4) is 0 Å². The maximum Gasteiger partial charge on any atom is 0.295 e. The lowest BCUT2D eigenvalue weighted by Crippen LogP contribution is -2.37. The third-order valence-corrected chi connectivity index (χ3v) is 5.64. The number of aromatic nitrogens is 1. The van der Waals surface area contributed by atoms with E-state index in [1.807, 2.05) is 29.6 Å². The highest BCUT2D eigenvalue weighted by Crippen LogP contribution is 2.30. The molecule has 0 bridgehead atoms. The van der Waals surface area contributed by atoms with E-state index < -0.39 is 0 Å². The van der Waals surface area contributed by atoms with Gasteiger partial charge in [0.1, 0.15) is 0 Å². The first-order valence-electron chi connectivity index (χ1n) is 8.39. The van der Waals surface area contributed by atoms with Crippen molar-refractivity contribution in [1.29, 1.82) is 0 Å². The lowest BCUT2D eigenvalue weighted by Gasteiger charge is -2.22. The summed E-state index contributed by atoms with van der Waals surface area (Å²) in [5.74, 6) is 0.116. The summed E-state index contributed by atoms with van der Waals surface area (Å²) in [6, 6.07) is 11.4. The molecule has 1 amide bonds. The van der Waals surface area contributed by atoms with E-state index in [1.54, 1.807) is 17.0 Å². The Morgan fingerprint density at radius 1 is 1.31 bits per heavy atom. The van der Waals surface area contributed by atoms with Gasteiger partial charge in [0.25, 0.3) is 5.91 Å². The summed E-state index contributed by atoms with van der Waals surface area (Å²) in [6.45, 7) is 1.22. The summed E-state index contributed by atoms with van der Waals surface area (Å²) in [5.41, 5.74) is 1.86. The molecule has 3 aromatic rings. The van der Waals surface area contributed by atoms with Gasteiger partial charge < -0.3 is 9.15 Å². The Bertz CT molecular complexity index is 871. The van der Waals surface area contributed by atoms with Crippen LogP contribution in [-0.4, -0.2) is 30.1 Å². The van der Waals surface area contributed by atoms with Gasteiger partial charge in [0.05, 0.1) is 24.6 Å². The highest BCUT2D eigenvalue weighted by molar-refractivity contribution is 9.10. The predicted molar refractivity (Wildman–Crippen MR) is 105 cm³/mol. The molecule has 0 unspecified atom stereocenters. The Hall–Kier alpha value is -1.96. The molecule has 7 heteroatoms. The Balaban J connectivity index is 1.62. The number of hydrogen-bond donors (Lipinski definition) is 0. The molecule has 1 aromatic carbocycles. The maximum absolute atomic E-state index is 12.9. The van der Waals surface area contributed by atoms with Crippen molar-refractivity contribution < 1.29 is 13.9 Å². The number of rotatable bonds is 5. The van der Waals surface area contributed by atoms with Gasteiger partial charge >= 0.3 is 0 Å². The second-order valence-corrected chi connectivity index (χ2v) is 7.80. The molecule has 4 rings (SSSR count). The molecule has 1 saturated heterocycles. The highest BCUT2D eigenvalue weighted by Gasteiger charge is 2.28. The third kappa shape index (κ3) is 3.75. The van der Waals surface area contributed by atoms with Crippen LogP contribution < -0.4 is 4.90 Å². The summed E-state index contributed by atoms with van der Waals surface area (Å²) < 4.78 is 12.0. The number of ether oxygens (including phenoxy) is 1. The average molecular weight is 433 g/mol. The molecule has 134 valence electrons. The van der Waals surface area contributed by atoms with Crippen LogP contribution in [0.4, 0.5) is 5.13 Å². The number of carbonyl (C=O) groups is 1. The molecule has 0 N–H and O–H groups in total. The van der Waals surface area contributed by atoms with Crippen LogP contribution in [0.2, 0.25) is 0 Å². The van der Waals surface area contributed by atoms with E-state index in [1.165, 1.54) is 17.6 Å². The molecule has 1 aliphatic heterocycles. The molecule has 0 spiro atoms. The van der Waals surface area contributed by atoms with E-state index in [-0.39, 0.29) is 12.0 Å². The number of benzene rings is 1. The van der Waals surface area contributed by atoms with E-state index in [0.29, 0.717) is 17.4 Å². The smallest absolute Gasteiger partial charge is 0.295 e. The first-order valence-corrected chi connectivity index (χ1v) is 10.1. The van der Waals surface area contributed by atoms with Gasteiger partial charge in [0, 0.05) is 22.0 Å². The molecular formula is C19H17BrN2O3S. The van der Waals surface area contributed by atoms with Crippen molar-refractivity contribution >= 4 is 38.3 Å². The summed E-state index contributed by atoms with van der Waals surface area (Å²) in [4.78, 5) is 19.3. The molecule has 0 radical (unpaired) electrons. The minimum atomic E-state index is -0.192. The van der Waals surface area contributed by atoms with Gasteiger partial charge in [-0.1, -0.05) is 28.1 Å². The number of anilines is 1. The fraction of sp³-hybridized carbons (Fsp3) is 0.263. The standard InChI is InChI=1S/C19H17BrN2O3S/c20-14-7-5-13(6-8-14)16-12-26-19(21-16)22(11-15-3-1-9-24-15)18(23)17-4-2-10-25-17/h2,4-8,10,12,15H,1,3,9,11H2/t15-/m0/s1. The highest BCUT2D eigenvalue weighted by atomic mass is 79.9. The molecule has 0 saturated carbocycles. The van der Waals surface area contributed by atoms with Crippen LogP contribution in [-0.2, 0) is 4.74 Å². The van der Waals surface area contributed by atoms with Crippen molar-refractivity contribution in [2.75, 3.05) is 18.1 Å². The second kappa shape index (κ2) is 7.73. The fourth-order valence-corrected chi connectivity index (χ4v) is 4.02. The van der Waals surface area contributed by atoms with Crippen LogP contribution in [0.25, 0.3) is 11.3 Å². The van der Waals surface area contributed by atoms with Crippen molar-refractivity contribution in [2.24, 2.45) is 0 Å². The molecule has 2 aromatic heterocycles. The normalized spacial score (nSPS) is 16.7. The zero-order chi connectivity index (χ0) is 17.9. The van der Waals surface area contributed by atoms with Crippen molar-refractivity contribution in [3.05, 3.63) is 58.3 Å². The third-order valence-electron chi connectivity index (χ3n) is 4.25. The number of carbonyl (C=O) groups excluding carboxylic acids is 1. The summed E-state index contributed by atoms with van der Waals surface area (Å²) in [5, 5.41) is 2.62. The number of nitrogens with zero attached hydrogens (tertiary/aromatic N) is 2. The van der Waals surface area contributed by atoms with Crippen LogP contribution in [0, 0.1) is 0 Å². The molecule has 5 nitrogen and oxygen atoms in total. The quantitative estimate of drug-likeness (QED) is 0.569. The van der Waals surface area contributed by atoms with Crippen LogP contribution in [0.1, 0.15) is 23.4 Å². The van der Waals surface area contributed by atoms with Gasteiger partial charge in [0.15, 0.2) is 10.9 Å². The molecule has 26 heavy (non-hydrogen) atoms. The van der Waals surface area contributed by atoms with Crippen LogP contribution in [0.5, 0.6) is 0 Å². The topological polar surface area (TPSA) is 55.6 Å². The minimum Gasteiger partial charge on any atom is -0.459 e. The van der Waals surface area contributed by atoms with E-state index in [2.05, 4.69) is 15.9 Å². The number of halogens is 1. The first kappa shape index (κ1) is 17.5. The van der Waals surface area contributed by atoms with E-state index >= 15 is 0 Å². The lowest BCUT2D eigenvalue weighted by atomic mass is 10.2. The fourth-order valence-electron chi connectivity index (χ4n) is 2.91.